The first kappa shape index (κ1) is 19.3. The summed E-state index contributed by atoms with van der Waals surface area (Å²) in [6.45, 7) is 10.9. The number of benzene rings is 1. The molecule has 0 aliphatic carbocycles. The van der Waals surface area contributed by atoms with E-state index >= 15 is 0 Å². The molecule has 1 amide bonds. The number of nitrogens with zero attached hydrogens (tertiary/aromatic N) is 2. The number of aromatic nitrogens is 2. The summed E-state index contributed by atoms with van der Waals surface area (Å²) in [4.78, 5) is 12.0. The third-order valence-electron chi connectivity index (χ3n) is 3.45. The Hall–Kier alpha value is -2.00. The van der Waals surface area contributed by atoms with E-state index in [1.807, 2.05) is 32.9 Å². The normalized spacial score (nSPS) is 12.1. The van der Waals surface area contributed by atoms with E-state index in [2.05, 4.69) is 20.2 Å². The van der Waals surface area contributed by atoms with Crippen LogP contribution in [0.2, 0.25) is 0 Å². The lowest BCUT2D eigenvalue weighted by Gasteiger charge is -2.15. The van der Waals surface area contributed by atoms with E-state index in [4.69, 9.17) is 0 Å². The second kappa shape index (κ2) is 6.72. The maximum Gasteiger partial charge on any atom is 0.291 e. The minimum atomic E-state index is -3.88. The summed E-state index contributed by atoms with van der Waals surface area (Å²) >= 11 is 0.814. The first-order valence-corrected chi connectivity index (χ1v) is 9.96. The van der Waals surface area contributed by atoms with E-state index in [0.717, 1.165) is 28.0 Å². The van der Waals surface area contributed by atoms with E-state index < -0.39 is 15.4 Å². The second-order valence-electron chi connectivity index (χ2n) is 6.96. The molecule has 0 fully saturated rings. The highest BCUT2D eigenvalue weighted by Gasteiger charge is 2.25. The fourth-order valence-corrected chi connectivity index (χ4v) is 4.27. The lowest BCUT2D eigenvalue weighted by molar-refractivity contribution is -0.123. The van der Waals surface area contributed by atoms with Gasteiger partial charge >= 0.3 is 0 Å². The van der Waals surface area contributed by atoms with Crippen LogP contribution in [0.3, 0.4) is 0 Å². The molecule has 1 aromatic heterocycles. The molecule has 0 radical (unpaired) electrons. The zero-order chi connectivity index (χ0) is 19.0. The molecule has 1 heterocycles. The molecule has 0 atom stereocenters. The van der Waals surface area contributed by atoms with Crippen LogP contribution >= 0.6 is 11.3 Å². The Morgan fingerprint density at radius 1 is 1.08 bits per heavy atom. The smallest absolute Gasteiger partial charge is 0.291 e. The molecule has 0 aliphatic rings. The summed E-state index contributed by atoms with van der Waals surface area (Å²) in [5.41, 5.74) is 2.62. The molecule has 0 spiro atoms. The standard InChI is InChI=1S/C16H22N4O3S2/c1-9-7-10(2)12(11(3)8-9)20-25(22,23)15-19-18-14(24-15)17-13(21)16(4,5)6/h7-8,20H,1-6H3,(H,17,18,21). The van der Waals surface area contributed by atoms with Crippen LogP contribution in [-0.2, 0) is 14.8 Å². The summed E-state index contributed by atoms with van der Waals surface area (Å²) in [6.07, 6.45) is 0. The van der Waals surface area contributed by atoms with Gasteiger partial charge in [0.05, 0.1) is 5.69 Å². The minimum absolute atomic E-state index is 0.151. The number of amides is 1. The fraction of sp³-hybridized carbons (Fsp3) is 0.438. The van der Waals surface area contributed by atoms with Crippen LogP contribution in [0.15, 0.2) is 16.5 Å². The highest BCUT2D eigenvalue weighted by molar-refractivity contribution is 7.94. The lowest BCUT2D eigenvalue weighted by atomic mass is 9.96. The first-order chi connectivity index (χ1) is 11.4. The van der Waals surface area contributed by atoms with Crippen molar-refractivity contribution in [3.8, 4) is 0 Å². The summed E-state index contributed by atoms with van der Waals surface area (Å²) in [5, 5.41) is 10.2. The van der Waals surface area contributed by atoms with E-state index in [9.17, 15) is 13.2 Å². The van der Waals surface area contributed by atoms with Gasteiger partial charge in [-0.2, -0.15) is 8.42 Å². The van der Waals surface area contributed by atoms with Crippen molar-refractivity contribution >= 4 is 38.1 Å². The molecule has 0 saturated heterocycles. The van der Waals surface area contributed by atoms with Crippen molar-refractivity contribution in [1.82, 2.24) is 10.2 Å². The van der Waals surface area contributed by atoms with Gasteiger partial charge in [-0.3, -0.25) is 9.52 Å². The second-order valence-corrected chi connectivity index (χ2v) is 9.79. The predicted molar refractivity (Wildman–Crippen MR) is 99.5 cm³/mol. The topological polar surface area (TPSA) is 101 Å². The van der Waals surface area contributed by atoms with Gasteiger partial charge in [-0.05, 0) is 31.9 Å². The maximum atomic E-state index is 12.6. The molecule has 0 bridgehead atoms. The molecule has 25 heavy (non-hydrogen) atoms. The number of hydrogen-bond acceptors (Lipinski definition) is 6. The molecule has 136 valence electrons. The van der Waals surface area contributed by atoms with Crippen molar-refractivity contribution in [2.75, 3.05) is 10.0 Å². The molecule has 9 heteroatoms. The van der Waals surface area contributed by atoms with Gasteiger partial charge in [-0.25, -0.2) is 0 Å². The predicted octanol–water partition coefficient (Wildman–Crippen LogP) is 3.25. The molecule has 2 rings (SSSR count). The summed E-state index contributed by atoms with van der Waals surface area (Å²) < 4.78 is 27.5. The lowest BCUT2D eigenvalue weighted by Crippen LogP contribution is -2.27. The zero-order valence-corrected chi connectivity index (χ0v) is 16.7. The minimum Gasteiger partial charge on any atom is -0.300 e. The molecule has 7 nitrogen and oxygen atoms in total. The summed E-state index contributed by atoms with van der Waals surface area (Å²) in [5.74, 6) is -0.259. The fourth-order valence-electron chi connectivity index (χ4n) is 2.17. The van der Waals surface area contributed by atoms with Crippen LogP contribution in [-0.4, -0.2) is 24.5 Å². The van der Waals surface area contributed by atoms with Gasteiger partial charge < -0.3 is 5.32 Å². The van der Waals surface area contributed by atoms with Crippen molar-refractivity contribution in [3.05, 3.63) is 28.8 Å². The Balaban J connectivity index is 2.26. The SMILES string of the molecule is Cc1cc(C)c(NS(=O)(=O)c2nnc(NC(=O)C(C)(C)C)s2)c(C)c1. The average molecular weight is 383 g/mol. The third-order valence-corrected chi connectivity index (χ3v) is 6.01. The quantitative estimate of drug-likeness (QED) is 0.791. The van der Waals surface area contributed by atoms with Gasteiger partial charge in [-0.1, -0.05) is 49.8 Å². The van der Waals surface area contributed by atoms with Gasteiger partial charge in [0.2, 0.25) is 11.0 Å². The number of hydrogen-bond donors (Lipinski definition) is 2. The Labute approximate surface area is 151 Å². The molecular weight excluding hydrogens is 360 g/mol. The molecule has 1 aromatic carbocycles. The van der Waals surface area contributed by atoms with E-state index in [1.165, 1.54) is 0 Å². The number of nitrogens with one attached hydrogen (secondary N) is 2. The number of carbonyl (C=O) groups is 1. The van der Waals surface area contributed by atoms with Crippen LogP contribution in [0.25, 0.3) is 0 Å². The summed E-state index contributed by atoms with van der Waals surface area (Å²) in [7, 11) is -3.88. The molecule has 0 aliphatic heterocycles. The van der Waals surface area contributed by atoms with Crippen LogP contribution in [0, 0.1) is 26.2 Å². The van der Waals surface area contributed by atoms with Crippen LogP contribution in [0.5, 0.6) is 0 Å². The highest BCUT2D eigenvalue weighted by atomic mass is 32.2. The van der Waals surface area contributed by atoms with Gasteiger partial charge in [-0.15, -0.1) is 10.2 Å². The number of sulfonamides is 1. The number of aryl methyl sites for hydroxylation is 3. The first-order valence-electron chi connectivity index (χ1n) is 7.66. The van der Waals surface area contributed by atoms with Crippen LogP contribution < -0.4 is 10.0 Å². The van der Waals surface area contributed by atoms with Crippen molar-refractivity contribution in [2.24, 2.45) is 5.41 Å². The Morgan fingerprint density at radius 3 is 2.16 bits per heavy atom. The highest BCUT2D eigenvalue weighted by Crippen LogP contribution is 2.28. The van der Waals surface area contributed by atoms with Crippen molar-refractivity contribution in [1.29, 1.82) is 0 Å². The largest absolute Gasteiger partial charge is 0.300 e. The zero-order valence-electron chi connectivity index (χ0n) is 15.1. The number of carbonyl (C=O) groups excluding carboxylic acids is 1. The number of rotatable bonds is 4. The van der Waals surface area contributed by atoms with Crippen molar-refractivity contribution < 1.29 is 13.2 Å². The monoisotopic (exact) mass is 382 g/mol. The Bertz CT molecular complexity index is 889. The van der Waals surface area contributed by atoms with Crippen molar-refractivity contribution in [2.45, 2.75) is 45.9 Å². The molecule has 0 saturated carbocycles. The molecule has 2 N–H and O–H groups in total. The maximum absolute atomic E-state index is 12.6. The third kappa shape index (κ3) is 4.55. The van der Waals surface area contributed by atoms with Gasteiger partial charge in [0.15, 0.2) is 0 Å². The number of anilines is 2. The van der Waals surface area contributed by atoms with E-state index in [1.54, 1.807) is 20.8 Å². The van der Waals surface area contributed by atoms with Gasteiger partial charge in [0.1, 0.15) is 0 Å². The Morgan fingerprint density at radius 2 is 1.64 bits per heavy atom. The van der Waals surface area contributed by atoms with E-state index in [0.29, 0.717) is 5.69 Å². The average Bonchev–Trinajstić information content (AvgIpc) is 2.91. The van der Waals surface area contributed by atoms with Gasteiger partial charge in [0.25, 0.3) is 14.4 Å². The molecule has 2 aromatic rings. The van der Waals surface area contributed by atoms with Crippen LogP contribution in [0.4, 0.5) is 10.8 Å². The van der Waals surface area contributed by atoms with Crippen molar-refractivity contribution in [3.63, 3.8) is 0 Å². The summed E-state index contributed by atoms with van der Waals surface area (Å²) in [6, 6.07) is 3.81. The van der Waals surface area contributed by atoms with E-state index in [-0.39, 0.29) is 15.4 Å². The molecular formula is C16H22N4O3S2. The van der Waals surface area contributed by atoms with Crippen LogP contribution in [0.1, 0.15) is 37.5 Å². The Kier molecular flexibility index (Phi) is 5.19. The molecule has 0 unspecified atom stereocenters. The van der Waals surface area contributed by atoms with Gasteiger partial charge in [0, 0.05) is 5.41 Å².